The lowest BCUT2D eigenvalue weighted by molar-refractivity contribution is 0.475. The van der Waals surface area contributed by atoms with Crippen LogP contribution in [-0.2, 0) is 6.54 Å². The highest BCUT2D eigenvalue weighted by molar-refractivity contribution is 5.30. The second-order valence-electron chi connectivity index (χ2n) is 3.09. The number of phenols is 1. The van der Waals surface area contributed by atoms with Crippen LogP contribution in [0.1, 0.15) is 5.56 Å². The molecule has 1 heterocycles. The van der Waals surface area contributed by atoms with E-state index >= 15 is 0 Å². The number of hydrogen-bond acceptors (Lipinski definition) is 4. The van der Waals surface area contributed by atoms with Gasteiger partial charge in [-0.3, -0.25) is 0 Å². The van der Waals surface area contributed by atoms with Crippen LogP contribution in [0, 0.1) is 0 Å². The van der Waals surface area contributed by atoms with Gasteiger partial charge in [-0.15, -0.1) is 0 Å². The van der Waals surface area contributed by atoms with Crippen molar-refractivity contribution < 1.29 is 5.11 Å². The molecule has 1 aromatic heterocycles. The van der Waals surface area contributed by atoms with Crippen LogP contribution in [0.15, 0.2) is 42.7 Å². The van der Waals surface area contributed by atoms with Gasteiger partial charge in [0.15, 0.2) is 0 Å². The normalized spacial score (nSPS) is 9.87. The summed E-state index contributed by atoms with van der Waals surface area (Å²) in [5.74, 6) is 0.875. The molecule has 0 unspecified atom stereocenters. The zero-order chi connectivity index (χ0) is 10.5. The molecule has 0 spiro atoms. The van der Waals surface area contributed by atoms with Crippen LogP contribution in [0.3, 0.4) is 0 Å². The van der Waals surface area contributed by atoms with Crippen molar-refractivity contribution in [1.82, 2.24) is 9.97 Å². The third-order valence-electron chi connectivity index (χ3n) is 1.95. The fraction of sp³-hybridized carbons (Fsp3) is 0.0909. The molecule has 0 fully saturated rings. The van der Waals surface area contributed by atoms with Gasteiger partial charge in [-0.2, -0.15) is 0 Å². The van der Waals surface area contributed by atoms with E-state index in [1.807, 2.05) is 12.1 Å². The summed E-state index contributed by atoms with van der Waals surface area (Å²) in [6.07, 6.45) is 3.37. The monoisotopic (exact) mass is 201 g/mol. The number of nitrogens with zero attached hydrogens (tertiary/aromatic N) is 2. The standard InChI is InChI=1S/C11H11N3O/c15-10-4-2-9(3-5-10)8-14-11-12-6-1-7-13-11/h1-7,15H,8H2,(H,12,13,14). The zero-order valence-corrected chi connectivity index (χ0v) is 8.09. The van der Waals surface area contributed by atoms with Crippen LogP contribution >= 0.6 is 0 Å². The molecule has 4 heteroatoms. The van der Waals surface area contributed by atoms with Crippen molar-refractivity contribution in [3.8, 4) is 5.75 Å². The predicted molar refractivity (Wildman–Crippen MR) is 57.5 cm³/mol. The molecule has 0 saturated heterocycles. The molecule has 0 radical (unpaired) electrons. The number of phenolic OH excluding ortho intramolecular Hbond substituents is 1. The first-order chi connectivity index (χ1) is 7.34. The van der Waals surface area contributed by atoms with E-state index in [0.29, 0.717) is 12.5 Å². The van der Waals surface area contributed by atoms with Crippen LogP contribution in [0.5, 0.6) is 5.75 Å². The molecule has 0 saturated carbocycles. The van der Waals surface area contributed by atoms with Crippen molar-refractivity contribution >= 4 is 5.95 Å². The first kappa shape index (κ1) is 9.45. The third-order valence-corrected chi connectivity index (χ3v) is 1.95. The molecule has 0 amide bonds. The Morgan fingerprint density at radius 3 is 2.40 bits per heavy atom. The number of hydrogen-bond donors (Lipinski definition) is 2. The Bertz CT molecular complexity index is 414. The van der Waals surface area contributed by atoms with Gasteiger partial charge >= 0.3 is 0 Å². The van der Waals surface area contributed by atoms with E-state index in [-0.39, 0.29) is 5.75 Å². The minimum atomic E-state index is 0.273. The average molecular weight is 201 g/mol. The molecular weight excluding hydrogens is 190 g/mol. The van der Waals surface area contributed by atoms with Gasteiger partial charge in [-0.05, 0) is 23.8 Å². The van der Waals surface area contributed by atoms with Crippen molar-refractivity contribution in [1.29, 1.82) is 0 Å². The molecule has 0 atom stereocenters. The molecule has 15 heavy (non-hydrogen) atoms. The van der Waals surface area contributed by atoms with Gasteiger partial charge in [0.1, 0.15) is 5.75 Å². The minimum absolute atomic E-state index is 0.273. The topological polar surface area (TPSA) is 58.0 Å². The largest absolute Gasteiger partial charge is 0.508 e. The predicted octanol–water partition coefficient (Wildman–Crippen LogP) is 1.79. The zero-order valence-electron chi connectivity index (χ0n) is 8.09. The van der Waals surface area contributed by atoms with Crippen molar-refractivity contribution in [3.05, 3.63) is 48.3 Å². The summed E-state index contributed by atoms with van der Waals surface area (Å²) < 4.78 is 0. The number of nitrogens with one attached hydrogen (secondary N) is 1. The Morgan fingerprint density at radius 1 is 1.07 bits per heavy atom. The summed E-state index contributed by atoms with van der Waals surface area (Å²) in [6, 6.07) is 8.79. The van der Waals surface area contributed by atoms with E-state index in [9.17, 15) is 0 Å². The molecular formula is C11H11N3O. The Morgan fingerprint density at radius 2 is 1.73 bits per heavy atom. The van der Waals surface area contributed by atoms with Crippen LogP contribution < -0.4 is 5.32 Å². The third kappa shape index (κ3) is 2.67. The van der Waals surface area contributed by atoms with E-state index in [1.54, 1.807) is 30.6 Å². The highest BCUT2D eigenvalue weighted by Crippen LogP contribution is 2.10. The van der Waals surface area contributed by atoms with Crippen LogP contribution in [0.25, 0.3) is 0 Å². The molecule has 1 aromatic carbocycles. The quantitative estimate of drug-likeness (QED) is 0.794. The summed E-state index contributed by atoms with van der Waals surface area (Å²) in [5, 5.41) is 12.2. The van der Waals surface area contributed by atoms with Crippen LogP contribution in [-0.4, -0.2) is 15.1 Å². The average Bonchev–Trinajstić information content (AvgIpc) is 2.30. The second kappa shape index (κ2) is 4.41. The first-order valence-corrected chi connectivity index (χ1v) is 4.63. The molecule has 0 aliphatic carbocycles. The number of aromatic hydroxyl groups is 1. The van der Waals surface area contributed by atoms with Gasteiger partial charge in [-0.25, -0.2) is 9.97 Å². The summed E-state index contributed by atoms with van der Waals surface area (Å²) in [7, 11) is 0. The van der Waals surface area contributed by atoms with E-state index in [2.05, 4.69) is 15.3 Å². The molecule has 0 aliphatic rings. The molecule has 2 aromatic rings. The van der Waals surface area contributed by atoms with Crippen molar-refractivity contribution in [2.24, 2.45) is 0 Å². The smallest absolute Gasteiger partial charge is 0.222 e. The molecule has 2 rings (SSSR count). The summed E-state index contributed by atoms with van der Waals surface area (Å²) in [4.78, 5) is 8.08. The highest BCUT2D eigenvalue weighted by Gasteiger charge is 1.95. The van der Waals surface area contributed by atoms with Crippen molar-refractivity contribution in [2.75, 3.05) is 5.32 Å². The maximum absolute atomic E-state index is 9.10. The fourth-order valence-corrected chi connectivity index (χ4v) is 1.19. The van der Waals surface area contributed by atoms with E-state index in [0.717, 1.165) is 5.56 Å². The highest BCUT2D eigenvalue weighted by atomic mass is 16.3. The molecule has 76 valence electrons. The van der Waals surface area contributed by atoms with E-state index < -0.39 is 0 Å². The molecule has 4 nitrogen and oxygen atoms in total. The lowest BCUT2D eigenvalue weighted by Gasteiger charge is -2.03. The van der Waals surface area contributed by atoms with Crippen LogP contribution in [0.4, 0.5) is 5.95 Å². The number of aromatic nitrogens is 2. The maximum Gasteiger partial charge on any atom is 0.222 e. The van der Waals surface area contributed by atoms with Crippen molar-refractivity contribution in [3.63, 3.8) is 0 Å². The van der Waals surface area contributed by atoms with Gasteiger partial charge in [0.05, 0.1) is 0 Å². The molecule has 0 aliphatic heterocycles. The molecule has 2 N–H and O–H groups in total. The van der Waals surface area contributed by atoms with Gasteiger partial charge in [0.2, 0.25) is 5.95 Å². The van der Waals surface area contributed by atoms with Gasteiger partial charge < -0.3 is 10.4 Å². The van der Waals surface area contributed by atoms with Gasteiger partial charge in [0, 0.05) is 18.9 Å². The SMILES string of the molecule is Oc1ccc(CNc2ncccn2)cc1. The Hall–Kier alpha value is -2.10. The Kier molecular flexibility index (Phi) is 2.78. The minimum Gasteiger partial charge on any atom is -0.508 e. The lowest BCUT2D eigenvalue weighted by atomic mass is 10.2. The van der Waals surface area contributed by atoms with Crippen LogP contribution in [0.2, 0.25) is 0 Å². The summed E-state index contributed by atoms with van der Waals surface area (Å²) in [6.45, 7) is 0.643. The van der Waals surface area contributed by atoms with Crippen molar-refractivity contribution in [2.45, 2.75) is 6.54 Å². The number of anilines is 1. The van der Waals surface area contributed by atoms with Gasteiger partial charge in [-0.1, -0.05) is 12.1 Å². The molecule has 0 bridgehead atoms. The lowest BCUT2D eigenvalue weighted by Crippen LogP contribution is -2.02. The maximum atomic E-state index is 9.10. The summed E-state index contributed by atoms with van der Waals surface area (Å²) >= 11 is 0. The van der Waals surface area contributed by atoms with E-state index in [4.69, 9.17) is 5.11 Å². The Labute approximate surface area is 87.6 Å². The summed E-state index contributed by atoms with van der Waals surface area (Å²) in [5.41, 5.74) is 1.07. The number of rotatable bonds is 3. The van der Waals surface area contributed by atoms with E-state index in [1.165, 1.54) is 0 Å². The first-order valence-electron chi connectivity index (χ1n) is 4.63. The second-order valence-corrected chi connectivity index (χ2v) is 3.09. The number of benzene rings is 1. The van der Waals surface area contributed by atoms with Gasteiger partial charge in [0.25, 0.3) is 0 Å². The fourth-order valence-electron chi connectivity index (χ4n) is 1.19. The Balaban J connectivity index is 1.96.